The van der Waals surface area contributed by atoms with Crippen LogP contribution in [-0.4, -0.2) is 12.6 Å². The van der Waals surface area contributed by atoms with Gasteiger partial charge in [0.1, 0.15) is 11.2 Å². The van der Waals surface area contributed by atoms with E-state index in [-0.39, 0.29) is 5.50 Å². The molecule has 1 heterocycles. The first-order valence-corrected chi connectivity index (χ1v) is 4.99. The molecule has 1 atom stereocenters. The van der Waals surface area contributed by atoms with E-state index in [2.05, 4.69) is 0 Å². The van der Waals surface area contributed by atoms with Gasteiger partial charge in [0, 0.05) is 16.7 Å². The first kappa shape index (κ1) is 8.99. The maximum absolute atomic E-state index is 5.94. The summed E-state index contributed by atoms with van der Waals surface area (Å²) in [6.45, 7) is 0. The number of hydrogen-bond donors (Lipinski definition) is 1. The number of ether oxygens (including phenoxy) is 1. The summed E-state index contributed by atoms with van der Waals surface area (Å²) in [7, 11) is 1.64. The lowest BCUT2D eigenvalue weighted by molar-refractivity contribution is 0.414. The van der Waals surface area contributed by atoms with E-state index >= 15 is 0 Å². The number of fused-ring (bicyclic) bond motifs is 1. The zero-order valence-corrected chi connectivity index (χ0v) is 8.60. The van der Waals surface area contributed by atoms with Crippen molar-refractivity contribution in [3.05, 3.63) is 18.2 Å². The molecule has 5 heteroatoms. The number of thioether (sulfide) groups is 1. The van der Waals surface area contributed by atoms with Crippen LogP contribution in [0.15, 0.2) is 23.1 Å². The Morgan fingerprint density at radius 1 is 1.62 bits per heavy atom. The van der Waals surface area contributed by atoms with E-state index < -0.39 is 0 Å². The van der Waals surface area contributed by atoms with Crippen molar-refractivity contribution in [2.24, 2.45) is 5.73 Å². The Hall–Kier alpha value is -0.580. The molecule has 0 aromatic heterocycles. The highest BCUT2D eigenvalue weighted by molar-refractivity contribution is 8.00. The molecule has 1 aliphatic heterocycles. The van der Waals surface area contributed by atoms with Gasteiger partial charge in [-0.15, -0.1) is 0 Å². The van der Waals surface area contributed by atoms with Gasteiger partial charge in [-0.2, -0.15) is 0 Å². The number of rotatable bonds is 1. The molecule has 0 saturated carbocycles. The van der Waals surface area contributed by atoms with Crippen molar-refractivity contribution in [1.82, 2.24) is 0 Å². The highest BCUT2D eigenvalue weighted by Gasteiger charge is 2.26. The molecule has 0 saturated heterocycles. The van der Waals surface area contributed by atoms with Crippen molar-refractivity contribution in [2.75, 3.05) is 11.5 Å². The minimum absolute atomic E-state index is 0.205. The van der Waals surface area contributed by atoms with Gasteiger partial charge in [0.2, 0.25) is 0 Å². The number of benzene rings is 1. The minimum Gasteiger partial charge on any atom is -0.497 e. The standard InChI is InChI=1S/C8H9ClN2OS/c1-12-5-2-3-6-7(4-5)13-8(10)11(6)9/h2-4,8H,10H2,1H3. The maximum atomic E-state index is 5.94. The summed E-state index contributed by atoms with van der Waals surface area (Å²) in [5.74, 6) is 0.824. The SMILES string of the molecule is COc1ccc2c(c1)SC(N)N2Cl. The van der Waals surface area contributed by atoms with Gasteiger partial charge in [-0.3, -0.25) is 4.42 Å². The predicted molar refractivity (Wildman–Crippen MR) is 55.2 cm³/mol. The summed E-state index contributed by atoms with van der Waals surface area (Å²) >= 11 is 7.46. The van der Waals surface area contributed by atoms with Crippen LogP contribution in [0.5, 0.6) is 5.75 Å². The Kier molecular flexibility index (Phi) is 2.27. The molecule has 0 aliphatic carbocycles. The van der Waals surface area contributed by atoms with Gasteiger partial charge in [0.25, 0.3) is 0 Å². The largest absolute Gasteiger partial charge is 0.497 e. The van der Waals surface area contributed by atoms with E-state index in [9.17, 15) is 0 Å². The first-order chi connectivity index (χ1) is 6.22. The molecule has 0 amide bonds. The molecule has 1 aromatic carbocycles. The summed E-state index contributed by atoms with van der Waals surface area (Å²) in [6.07, 6.45) is 0. The van der Waals surface area contributed by atoms with Gasteiger partial charge in [-0.05, 0) is 18.2 Å². The van der Waals surface area contributed by atoms with E-state index in [4.69, 9.17) is 22.2 Å². The molecule has 0 bridgehead atoms. The molecule has 70 valence electrons. The average molecular weight is 217 g/mol. The van der Waals surface area contributed by atoms with Gasteiger partial charge < -0.3 is 10.5 Å². The average Bonchev–Trinajstić information content (AvgIpc) is 2.42. The van der Waals surface area contributed by atoms with Gasteiger partial charge in [-0.25, -0.2) is 0 Å². The number of anilines is 1. The van der Waals surface area contributed by atoms with Crippen LogP contribution in [0, 0.1) is 0 Å². The molecule has 1 aromatic rings. The Morgan fingerprint density at radius 2 is 2.38 bits per heavy atom. The second kappa shape index (κ2) is 3.29. The number of methoxy groups -OCH3 is 1. The van der Waals surface area contributed by atoms with Crippen LogP contribution >= 0.6 is 23.5 Å². The summed E-state index contributed by atoms with van der Waals surface area (Å²) in [5, 5.41) is 0. The second-order valence-corrected chi connectivity index (χ2v) is 4.18. The molecule has 0 spiro atoms. The van der Waals surface area contributed by atoms with E-state index in [0.29, 0.717) is 0 Å². The van der Waals surface area contributed by atoms with Gasteiger partial charge in [0.05, 0.1) is 12.8 Å². The molecule has 13 heavy (non-hydrogen) atoms. The second-order valence-electron chi connectivity index (χ2n) is 2.65. The molecule has 1 aliphatic rings. The van der Waals surface area contributed by atoms with Crippen LogP contribution in [0.3, 0.4) is 0 Å². The third-order valence-electron chi connectivity index (χ3n) is 1.87. The van der Waals surface area contributed by atoms with Gasteiger partial charge in [-0.1, -0.05) is 11.8 Å². The molecule has 3 nitrogen and oxygen atoms in total. The fourth-order valence-electron chi connectivity index (χ4n) is 1.21. The van der Waals surface area contributed by atoms with Gasteiger partial charge in [0.15, 0.2) is 0 Å². The van der Waals surface area contributed by atoms with Crippen molar-refractivity contribution in [3.63, 3.8) is 0 Å². The van der Waals surface area contributed by atoms with Crippen LogP contribution in [0.1, 0.15) is 0 Å². The Balaban J connectivity index is 2.40. The normalized spacial score (nSPS) is 20.2. The maximum Gasteiger partial charge on any atom is 0.145 e. The third-order valence-corrected chi connectivity index (χ3v) is 3.41. The van der Waals surface area contributed by atoms with Crippen LogP contribution < -0.4 is 14.9 Å². The monoisotopic (exact) mass is 216 g/mol. The molecule has 2 N–H and O–H groups in total. The van der Waals surface area contributed by atoms with Crippen LogP contribution in [-0.2, 0) is 0 Å². The van der Waals surface area contributed by atoms with E-state index in [1.807, 2.05) is 18.2 Å². The quantitative estimate of drug-likeness (QED) is 0.729. The van der Waals surface area contributed by atoms with E-state index in [0.717, 1.165) is 16.3 Å². The Bertz CT molecular complexity index is 334. The lowest BCUT2D eigenvalue weighted by Gasteiger charge is -2.12. The number of hydrogen-bond acceptors (Lipinski definition) is 4. The topological polar surface area (TPSA) is 38.5 Å². The van der Waals surface area contributed by atoms with Crippen LogP contribution in [0.2, 0.25) is 0 Å². The smallest absolute Gasteiger partial charge is 0.145 e. The lowest BCUT2D eigenvalue weighted by atomic mass is 10.3. The Labute approximate surface area is 85.9 Å². The summed E-state index contributed by atoms with van der Waals surface area (Å²) in [6, 6.07) is 5.70. The number of nitrogens with two attached hydrogens (primary N) is 1. The Morgan fingerprint density at radius 3 is 3.08 bits per heavy atom. The van der Waals surface area contributed by atoms with Crippen molar-refractivity contribution in [3.8, 4) is 5.75 Å². The highest BCUT2D eigenvalue weighted by Crippen LogP contribution is 2.43. The van der Waals surface area contributed by atoms with E-state index in [1.165, 1.54) is 16.2 Å². The summed E-state index contributed by atoms with van der Waals surface area (Å²) in [4.78, 5) is 1.06. The molecular weight excluding hydrogens is 208 g/mol. The number of halogens is 1. The first-order valence-electron chi connectivity index (χ1n) is 3.77. The predicted octanol–water partition coefficient (Wildman–Crippen LogP) is 2.00. The fraction of sp³-hybridized carbons (Fsp3) is 0.250. The van der Waals surface area contributed by atoms with Crippen LogP contribution in [0.25, 0.3) is 0 Å². The molecule has 2 rings (SSSR count). The highest BCUT2D eigenvalue weighted by atomic mass is 35.5. The number of nitrogens with zero attached hydrogens (tertiary/aromatic N) is 1. The summed E-state index contributed by atoms with van der Waals surface area (Å²) in [5.41, 5.74) is 6.48. The van der Waals surface area contributed by atoms with Crippen molar-refractivity contribution in [1.29, 1.82) is 0 Å². The van der Waals surface area contributed by atoms with Crippen molar-refractivity contribution >= 4 is 29.2 Å². The zero-order valence-electron chi connectivity index (χ0n) is 7.03. The zero-order chi connectivity index (χ0) is 9.42. The molecule has 0 radical (unpaired) electrons. The van der Waals surface area contributed by atoms with Crippen molar-refractivity contribution < 1.29 is 4.74 Å². The van der Waals surface area contributed by atoms with E-state index in [1.54, 1.807) is 7.11 Å². The minimum atomic E-state index is -0.205. The lowest BCUT2D eigenvalue weighted by Crippen LogP contribution is -2.27. The fourth-order valence-corrected chi connectivity index (χ4v) is 2.46. The molecule has 0 fully saturated rings. The third kappa shape index (κ3) is 1.45. The van der Waals surface area contributed by atoms with Gasteiger partial charge >= 0.3 is 0 Å². The van der Waals surface area contributed by atoms with Crippen molar-refractivity contribution in [2.45, 2.75) is 10.4 Å². The van der Waals surface area contributed by atoms with Crippen LogP contribution in [0.4, 0.5) is 5.69 Å². The summed E-state index contributed by atoms with van der Waals surface area (Å²) < 4.78 is 6.62. The molecule has 1 unspecified atom stereocenters. The molecular formula is C8H9ClN2OS.